The van der Waals surface area contributed by atoms with E-state index in [0.717, 1.165) is 11.3 Å². The van der Waals surface area contributed by atoms with E-state index in [-0.39, 0.29) is 6.10 Å². The molecule has 0 radical (unpaired) electrons. The predicted molar refractivity (Wildman–Crippen MR) is 78.8 cm³/mol. The van der Waals surface area contributed by atoms with E-state index in [1.165, 1.54) is 11.8 Å². The third-order valence-electron chi connectivity index (χ3n) is 3.74. The maximum atomic E-state index is 10.3. The van der Waals surface area contributed by atoms with Crippen LogP contribution in [0, 0.1) is 0 Å². The second-order valence-corrected chi connectivity index (χ2v) is 6.53. The standard InChI is InChI=1S/C15H20O5S/c1-2-21-15-12(17)11(16)13-10(19-15)8-18-14(20-13)9-6-4-3-5-7-9/h3-7,10-17H,2,8H2,1H3/t10-,11-,12+,13-,14?,15?/m1/s1. The van der Waals surface area contributed by atoms with Crippen LogP contribution in [0.5, 0.6) is 0 Å². The van der Waals surface area contributed by atoms with Gasteiger partial charge in [0.2, 0.25) is 0 Å². The molecular weight excluding hydrogens is 292 g/mol. The lowest BCUT2D eigenvalue weighted by atomic mass is 9.99. The molecule has 2 heterocycles. The number of benzene rings is 1. The van der Waals surface area contributed by atoms with Crippen LogP contribution in [0.3, 0.4) is 0 Å². The molecule has 0 saturated carbocycles. The summed E-state index contributed by atoms with van der Waals surface area (Å²) in [7, 11) is 0. The Morgan fingerprint density at radius 2 is 1.90 bits per heavy atom. The number of thioether (sulfide) groups is 1. The Hall–Kier alpha value is -0.630. The van der Waals surface area contributed by atoms with E-state index >= 15 is 0 Å². The van der Waals surface area contributed by atoms with Gasteiger partial charge in [0.1, 0.15) is 29.9 Å². The summed E-state index contributed by atoms with van der Waals surface area (Å²) in [6, 6.07) is 9.56. The van der Waals surface area contributed by atoms with Crippen LogP contribution in [-0.2, 0) is 14.2 Å². The highest BCUT2D eigenvalue weighted by molar-refractivity contribution is 7.99. The Balaban J connectivity index is 1.71. The molecule has 2 aliphatic heterocycles. The summed E-state index contributed by atoms with van der Waals surface area (Å²) in [6.07, 6.45) is -3.39. The largest absolute Gasteiger partial charge is 0.387 e. The van der Waals surface area contributed by atoms with Gasteiger partial charge in [-0.25, -0.2) is 0 Å². The third-order valence-corrected chi connectivity index (χ3v) is 4.79. The normalized spacial score (nSPS) is 39.8. The first-order valence-corrected chi connectivity index (χ1v) is 8.20. The van der Waals surface area contributed by atoms with Crippen molar-refractivity contribution in [2.24, 2.45) is 0 Å². The second-order valence-electron chi connectivity index (χ2n) is 5.16. The molecule has 116 valence electrons. The lowest BCUT2D eigenvalue weighted by Crippen LogP contribution is -2.60. The Labute approximate surface area is 128 Å². The van der Waals surface area contributed by atoms with Crippen molar-refractivity contribution in [2.45, 2.75) is 43.1 Å². The van der Waals surface area contributed by atoms with Crippen molar-refractivity contribution in [1.82, 2.24) is 0 Å². The molecule has 6 atom stereocenters. The molecule has 0 bridgehead atoms. The minimum absolute atomic E-state index is 0.342. The first-order chi connectivity index (χ1) is 10.2. The van der Waals surface area contributed by atoms with Gasteiger partial charge in [-0.05, 0) is 5.75 Å². The Morgan fingerprint density at radius 1 is 1.14 bits per heavy atom. The molecule has 2 N–H and O–H groups in total. The molecule has 0 spiro atoms. The van der Waals surface area contributed by atoms with Crippen LogP contribution in [0.25, 0.3) is 0 Å². The van der Waals surface area contributed by atoms with Gasteiger partial charge in [-0.2, -0.15) is 0 Å². The van der Waals surface area contributed by atoms with Crippen molar-refractivity contribution in [3.05, 3.63) is 35.9 Å². The lowest BCUT2D eigenvalue weighted by molar-refractivity contribution is -0.318. The molecule has 21 heavy (non-hydrogen) atoms. The molecule has 2 saturated heterocycles. The van der Waals surface area contributed by atoms with Crippen LogP contribution in [0.15, 0.2) is 30.3 Å². The quantitative estimate of drug-likeness (QED) is 0.877. The lowest BCUT2D eigenvalue weighted by Gasteiger charge is -2.46. The zero-order valence-corrected chi connectivity index (χ0v) is 12.6. The van der Waals surface area contributed by atoms with E-state index in [9.17, 15) is 10.2 Å². The van der Waals surface area contributed by atoms with Crippen molar-refractivity contribution in [3.63, 3.8) is 0 Å². The average molecular weight is 312 g/mol. The van der Waals surface area contributed by atoms with Gasteiger partial charge >= 0.3 is 0 Å². The van der Waals surface area contributed by atoms with Gasteiger partial charge in [-0.15, -0.1) is 11.8 Å². The zero-order valence-electron chi connectivity index (χ0n) is 11.8. The van der Waals surface area contributed by atoms with E-state index < -0.39 is 30.0 Å². The summed E-state index contributed by atoms with van der Waals surface area (Å²) in [5.41, 5.74) is 0.453. The molecule has 2 unspecified atom stereocenters. The van der Waals surface area contributed by atoms with Crippen molar-refractivity contribution < 1.29 is 24.4 Å². The molecule has 5 nitrogen and oxygen atoms in total. The number of fused-ring (bicyclic) bond motifs is 1. The van der Waals surface area contributed by atoms with Crippen LogP contribution < -0.4 is 0 Å². The molecule has 2 aliphatic rings. The number of ether oxygens (including phenoxy) is 3. The minimum atomic E-state index is -0.970. The van der Waals surface area contributed by atoms with E-state index in [4.69, 9.17) is 14.2 Å². The summed E-state index contributed by atoms with van der Waals surface area (Å²) < 4.78 is 17.3. The number of aliphatic hydroxyl groups is 2. The third kappa shape index (κ3) is 3.11. The van der Waals surface area contributed by atoms with Crippen molar-refractivity contribution in [1.29, 1.82) is 0 Å². The summed E-state index contributed by atoms with van der Waals surface area (Å²) in [5.74, 6) is 0.806. The molecule has 3 rings (SSSR count). The smallest absolute Gasteiger partial charge is 0.184 e. The maximum Gasteiger partial charge on any atom is 0.184 e. The number of hydrogen-bond donors (Lipinski definition) is 2. The number of aliphatic hydroxyl groups excluding tert-OH is 2. The summed E-state index contributed by atoms with van der Waals surface area (Å²) in [6.45, 7) is 2.33. The van der Waals surface area contributed by atoms with Gasteiger partial charge < -0.3 is 24.4 Å². The fourth-order valence-electron chi connectivity index (χ4n) is 2.66. The molecule has 1 aromatic rings. The zero-order chi connectivity index (χ0) is 14.8. The van der Waals surface area contributed by atoms with E-state index in [0.29, 0.717) is 6.61 Å². The highest BCUT2D eigenvalue weighted by Gasteiger charge is 2.48. The van der Waals surface area contributed by atoms with Crippen molar-refractivity contribution >= 4 is 11.8 Å². The topological polar surface area (TPSA) is 68.2 Å². The van der Waals surface area contributed by atoms with Gasteiger partial charge in [0.15, 0.2) is 6.29 Å². The van der Waals surface area contributed by atoms with Crippen LogP contribution >= 0.6 is 11.8 Å². The molecular formula is C15H20O5S. The molecule has 0 amide bonds. The second kappa shape index (κ2) is 6.64. The van der Waals surface area contributed by atoms with Crippen LogP contribution in [0.1, 0.15) is 18.8 Å². The minimum Gasteiger partial charge on any atom is -0.387 e. The van der Waals surface area contributed by atoms with Gasteiger partial charge in [-0.1, -0.05) is 37.3 Å². The van der Waals surface area contributed by atoms with Crippen molar-refractivity contribution in [2.75, 3.05) is 12.4 Å². The number of hydrogen-bond acceptors (Lipinski definition) is 6. The maximum absolute atomic E-state index is 10.3. The highest BCUT2D eigenvalue weighted by Crippen LogP contribution is 2.36. The molecule has 2 fully saturated rings. The van der Waals surface area contributed by atoms with E-state index in [2.05, 4.69) is 0 Å². The predicted octanol–water partition coefficient (Wildman–Crippen LogP) is 1.30. The fourth-order valence-corrected chi connectivity index (χ4v) is 3.57. The molecule has 6 heteroatoms. The monoisotopic (exact) mass is 312 g/mol. The summed E-state index contributed by atoms with van der Waals surface area (Å²) >= 11 is 1.47. The fraction of sp³-hybridized carbons (Fsp3) is 0.600. The van der Waals surface area contributed by atoms with Gasteiger partial charge in [0.05, 0.1) is 6.61 Å². The average Bonchev–Trinajstić information content (AvgIpc) is 2.53. The first kappa shape index (κ1) is 15.3. The Bertz CT molecular complexity index is 455. The molecule has 1 aromatic carbocycles. The molecule has 0 aliphatic carbocycles. The Kier molecular flexibility index (Phi) is 4.83. The SMILES string of the molecule is CCSC1O[C@@H]2COC(c3ccccc3)O[C@H]2[C@H](O)[C@@H]1O. The Morgan fingerprint density at radius 3 is 2.62 bits per heavy atom. The van der Waals surface area contributed by atoms with Crippen LogP contribution in [-0.4, -0.2) is 52.4 Å². The number of rotatable bonds is 3. The van der Waals surface area contributed by atoms with E-state index in [1.807, 2.05) is 37.3 Å². The van der Waals surface area contributed by atoms with Crippen molar-refractivity contribution in [3.8, 4) is 0 Å². The van der Waals surface area contributed by atoms with E-state index in [1.54, 1.807) is 0 Å². The van der Waals surface area contributed by atoms with Gasteiger partial charge in [0.25, 0.3) is 0 Å². The first-order valence-electron chi connectivity index (χ1n) is 7.16. The van der Waals surface area contributed by atoms with Crippen LogP contribution in [0.2, 0.25) is 0 Å². The molecule has 0 aromatic heterocycles. The highest BCUT2D eigenvalue weighted by atomic mass is 32.2. The van der Waals surface area contributed by atoms with Gasteiger partial charge in [0, 0.05) is 5.56 Å². The summed E-state index contributed by atoms with van der Waals surface area (Å²) in [4.78, 5) is 0. The van der Waals surface area contributed by atoms with Crippen LogP contribution in [0.4, 0.5) is 0 Å². The van der Waals surface area contributed by atoms with Gasteiger partial charge in [-0.3, -0.25) is 0 Å². The summed E-state index contributed by atoms with van der Waals surface area (Å²) in [5, 5.41) is 20.5.